The third-order valence-electron chi connectivity index (χ3n) is 5.93. The van der Waals surface area contributed by atoms with Crippen LogP contribution in [0.2, 0.25) is 0 Å². The van der Waals surface area contributed by atoms with Crippen LogP contribution in [-0.4, -0.2) is 17.8 Å². The summed E-state index contributed by atoms with van der Waals surface area (Å²) < 4.78 is 0. The Balaban J connectivity index is 1.91. The zero-order chi connectivity index (χ0) is 20.6. The molecule has 0 saturated carbocycles. The number of carbonyl (C=O) groups excluding carboxylic acids is 2. The van der Waals surface area contributed by atoms with E-state index in [-0.39, 0.29) is 0 Å². The molecule has 4 heteroatoms. The summed E-state index contributed by atoms with van der Waals surface area (Å²) in [7, 11) is 0. The lowest BCUT2D eigenvalue weighted by Gasteiger charge is -2.48. The quantitative estimate of drug-likeness (QED) is 0.365. The number of allylic oxidation sites excluding steroid dienone is 2. The van der Waals surface area contributed by atoms with Crippen molar-refractivity contribution in [3.63, 3.8) is 0 Å². The van der Waals surface area contributed by atoms with Crippen LogP contribution in [-0.2, 0) is 15.0 Å². The molecule has 0 N–H and O–H groups in total. The summed E-state index contributed by atoms with van der Waals surface area (Å²) in [5.41, 5.74) is 3.80. The molecular formula is C26H16N2O2. The van der Waals surface area contributed by atoms with Crippen molar-refractivity contribution < 1.29 is 9.59 Å². The van der Waals surface area contributed by atoms with Gasteiger partial charge in [0.1, 0.15) is 0 Å². The first-order valence-electron chi connectivity index (χ1n) is 9.61. The molecule has 4 nitrogen and oxygen atoms in total. The number of fused-ring (bicyclic) bond motifs is 3. The minimum atomic E-state index is -1.44. The minimum Gasteiger partial charge on any atom is -0.211 e. The average Bonchev–Trinajstić information content (AvgIpc) is 2.79. The fourth-order valence-electron chi connectivity index (χ4n) is 4.73. The van der Waals surface area contributed by atoms with Crippen molar-refractivity contribution in [3.05, 3.63) is 119 Å². The molecule has 142 valence electrons. The molecule has 0 amide bonds. The molecule has 0 spiro atoms. The topological polar surface area (TPSA) is 58.9 Å². The summed E-state index contributed by atoms with van der Waals surface area (Å²) in [5, 5.41) is 0. The van der Waals surface area contributed by atoms with Crippen LogP contribution < -0.4 is 0 Å². The Bertz CT molecular complexity index is 1240. The summed E-state index contributed by atoms with van der Waals surface area (Å²) in [4.78, 5) is 30.5. The smallest absolute Gasteiger partial charge is 0.211 e. The van der Waals surface area contributed by atoms with Crippen molar-refractivity contribution in [3.8, 4) is 0 Å². The molecule has 0 atom stereocenters. The Morgan fingerprint density at radius 1 is 0.567 bits per heavy atom. The third kappa shape index (κ3) is 2.29. The van der Waals surface area contributed by atoms with Crippen LogP contribution in [0.25, 0.3) is 11.1 Å². The Hall–Kier alpha value is -4.10. The van der Waals surface area contributed by atoms with Crippen LogP contribution in [0, 0.1) is 0 Å². The van der Waals surface area contributed by atoms with Gasteiger partial charge in [-0.15, -0.1) is 0 Å². The zero-order valence-electron chi connectivity index (χ0n) is 15.9. The van der Waals surface area contributed by atoms with E-state index in [9.17, 15) is 9.59 Å². The summed E-state index contributed by atoms with van der Waals surface area (Å²) >= 11 is 0. The maximum Gasteiger partial charge on any atom is 0.238 e. The normalized spacial score (nSPS) is 20.1. The molecule has 0 radical (unpaired) electrons. The van der Waals surface area contributed by atoms with Gasteiger partial charge in [0.25, 0.3) is 0 Å². The predicted molar refractivity (Wildman–Crippen MR) is 115 cm³/mol. The van der Waals surface area contributed by atoms with Crippen LogP contribution in [0.5, 0.6) is 0 Å². The van der Waals surface area contributed by atoms with Crippen molar-refractivity contribution in [2.45, 2.75) is 11.1 Å². The molecular weight excluding hydrogens is 372 g/mol. The van der Waals surface area contributed by atoms with Gasteiger partial charge in [0.2, 0.25) is 17.8 Å². The first kappa shape index (κ1) is 18.0. The number of benzene rings is 3. The first-order chi connectivity index (χ1) is 14.8. The molecule has 0 fully saturated rings. The maximum absolute atomic E-state index is 11.3. The van der Waals surface area contributed by atoms with Crippen LogP contribution in [0.15, 0.2) is 107 Å². The average molecular weight is 388 g/mol. The van der Waals surface area contributed by atoms with Crippen LogP contribution in [0.3, 0.4) is 0 Å². The fraction of sp³-hybridized carbons (Fsp3) is 0.0769. The number of nitrogens with zero attached hydrogens (tertiary/aromatic N) is 2. The highest BCUT2D eigenvalue weighted by Gasteiger charge is 2.53. The summed E-state index contributed by atoms with van der Waals surface area (Å²) in [5.74, 6) is 0. The van der Waals surface area contributed by atoms with Gasteiger partial charge >= 0.3 is 0 Å². The van der Waals surface area contributed by atoms with Crippen LogP contribution >= 0.6 is 0 Å². The minimum absolute atomic E-state index is 0.605. The molecule has 0 unspecified atom stereocenters. The van der Waals surface area contributed by atoms with Crippen molar-refractivity contribution >= 4 is 23.3 Å². The lowest BCUT2D eigenvalue weighted by molar-refractivity contribution is 0.545. The summed E-state index contributed by atoms with van der Waals surface area (Å²) in [6, 6.07) is 28.3. The van der Waals surface area contributed by atoms with Gasteiger partial charge in [0.15, 0.2) is 0 Å². The van der Waals surface area contributed by atoms with Gasteiger partial charge in [-0.05, 0) is 33.9 Å². The number of rotatable bonds is 4. The number of hydrogen-bond donors (Lipinski definition) is 0. The number of aliphatic imine (C=N–C) groups is 2. The number of hydrogen-bond acceptors (Lipinski definition) is 4. The fourth-order valence-corrected chi connectivity index (χ4v) is 4.73. The molecule has 0 aromatic heterocycles. The van der Waals surface area contributed by atoms with Gasteiger partial charge in [0.05, 0.1) is 5.41 Å². The second-order valence-corrected chi connectivity index (χ2v) is 7.30. The third-order valence-corrected chi connectivity index (χ3v) is 5.93. The molecule has 30 heavy (non-hydrogen) atoms. The Morgan fingerprint density at radius 3 is 1.53 bits per heavy atom. The van der Waals surface area contributed by atoms with E-state index in [0.717, 1.165) is 33.4 Å². The van der Waals surface area contributed by atoms with Crippen LogP contribution in [0.4, 0.5) is 0 Å². The molecule has 5 rings (SSSR count). The molecule has 0 bridgehead atoms. The van der Waals surface area contributed by atoms with Crippen molar-refractivity contribution in [2.24, 2.45) is 9.98 Å². The van der Waals surface area contributed by atoms with Gasteiger partial charge in [-0.3, -0.25) is 0 Å². The lowest BCUT2D eigenvalue weighted by atomic mass is 9.55. The Kier molecular flexibility index (Phi) is 4.04. The van der Waals surface area contributed by atoms with Crippen molar-refractivity contribution in [1.29, 1.82) is 0 Å². The maximum atomic E-state index is 11.3. The van der Waals surface area contributed by atoms with Crippen molar-refractivity contribution in [2.75, 3.05) is 0 Å². The molecule has 0 heterocycles. The Morgan fingerprint density at radius 2 is 1.03 bits per heavy atom. The van der Waals surface area contributed by atoms with Gasteiger partial charge in [-0.2, -0.15) is 9.98 Å². The molecule has 3 aromatic rings. The molecule has 3 aromatic carbocycles. The van der Waals surface area contributed by atoms with E-state index in [4.69, 9.17) is 0 Å². The van der Waals surface area contributed by atoms with Gasteiger partial charge in [-0.25, -0.2) is 9.59 Å². The SMILES string of the molecule is O=C=NC1(N=C=O)C=CC(c2ccccc2)(c2ccccc2)C2=C1c1ccccc12. The van der Waals surface area contributed by atoms with E-state index in [1.54, 1.807) is 18.2 Å². The summed E-state index contributed by atoms with van der Waals surface area (Å²) in [6.45, 7) is 0. The largest absolute Gasteiger partial charge is 0.238 e. The van der Waals surface area contributed by atoms with Gasteiger partial charge in [-0.1, -0.05) is 91.0 Å². The van der Waals surface area contributed by atoms with E-state index in [2.05, 4.69) is 34.3 Å². The van der Waals surface area contributed by atoms with Crippen molar-refractivity contribution in [1.82, 2.24) is 0 Å². The highest BCUT2D eigenvalue weighted by Crippen LogP contribution is 2.61. The van der Waals surface area contributed by atoms with Gasteiger partial charge in [0, 0.05) is 5.57 Å². The van der Waals surface area contributed by atoms with E-state index in [0.29, 0.717) is 0 Å². The lowest BCUT2D eigenvalue weighted by Crippen LogP contribution is -2.41. The molecule has 0 aliphatic heterocycles. The van der Waals surface area contributed by atoms with Crippen LogP contribution in [0.1, 0.15) is 22.3 Å². The second-order valence-electron chi connectivity index (χ2n) is 7.30. The van der Waals surface area contributed by atoms with E-state index < -0.39 is 11.1 Å². The second kappa shape index (κ2) is 6.75. The standard InChI is InChI=1S/C26H16N2O2/c29-17-27-26(28-18-30)16-15-25(19-9-3-1-4-10-19,20-11-5-2-6-12-20)23-21-13-7-8-14-22(21)24(23)26/h1-16H. The zero-order valence-corrected chi connectivity index (χ0v) is 15.9. The molecule has 2 aliphatic carbocycles. The monoisotopic (exact) mass is 388 g/mol. The summed E-state index contributed by atoms with van der Waals surface area (Å²) in [6.07, 6.45) is 6.92. The van der Waals surface area contributed by atoms with E-state index in [1.807, 2.05) is 66.7 Å². The highest BCUT2D eigenvalue weighted by molar-refractivity contribution is 6.14. The first-order valence-corrected chi connectivity index (χ1v) is 9.61. The Labute approximate surface area is 173 Å². The van der Waals surface area contributed by atoms with E-state index >= 15 is 0 Å². The molecule has 2 aliphatic rings. The predicted octanol–water partition coefficient (Wildman–Crippen LogP) is 4.83. The molecule has 0 saturated heterocycles. The highest BCUT2D eigenvalue weighted by atomic mass is 16.1. The van der Waals surface area contributed by atoms with E-state index in [1.165, 1.54) is 0 Å². The number of isocyanates is 2. The van der Waals surface area contributed by atoms with Gasteiger partial charge < -0.3 is 0 Å².